The largest absolute Gasteiger partial charge is 0.373 e. The maximum Gasteiger partial charge on any atom is 0.191 e. The highest BCUT2D eigenvalue weighted by Crippen LogP contribution is 2.34. The van der Waals surface area contributed by atoms with Gasteiger partial charge in [-0.3, -0.25) is 4.98 Å². The lowest BCUT2D eigenvalue weighted by atomic mass is 9.96. The van der Waals surface area contributed by atoms with Gasteiger partial charge in [0.15, 0.2) is 5.96 Å². The van der Waals surface area contributed by atoms with Gasteiger partial charge >= 0.3 is 0 Å². The van der Waals surface area contributed by atoms with Crippen LogP contribution in [-0.4, -0.2) is 35.7 Å². The molecule has 2 aliphatic rings. The molecular weight excluding hydrogens is 300 g/mol. The van der Waals surface area contributed by atoms with E-state index in [0.717, 1.165) is 30.9 Å². The molecule has 2 aliphatic heterocycles. The summed E-state index contributed by atoms with van der Waals surface area (Å²) in [5.41, 5.74) is 2.21. The quantitative estimate of drug-likeness (QED) is 0.670. The Morgan fingerprint density at radius 1 is 1.29 bits per heavy atom. The van der Waals surface area contributed by atoms with Gasteiger partial charge in [0.05, 0.1) is 30.3 Å². The molecule has 1 aromatic carbocycles. The minimum Gasteiger partial charge on any atom is -0.373 e. The molecule has 3 atom stereocenters. The van der Waals surface area contributed by atoms with E-state index in [1.807, 2.05) is 24.4 Å². The number of nitrogens with zero attached hydrogens (tertiary/aromatic N) is 2. The van der Waals surface area contributed by atoms with Crippen molar-refractivity contribution in [2.45, 2.75) is 51.0 Å². The number of guanidine groups is 1. The molecule has 2 N–H and O–H groups in total. The normalized spacial score (nSPS) is 26.0. The molecule has 4 rings (SSSR count). The summed E-state index contributed by atoms with van der Waals surface area (Å²) in [6.07, 6.45) is 6.11. The van der Waals surface area contributed by atoms with Crippen LogP contribution in [0.25, 0.3) is 10.9 Å². The van der Waals surface area contributed by atoms with Crippen molar-refractivity contribution in [3.8, 4) is 0 Å². The Hall–Kier alpha value is -2.14. The van der Waals surface area contributed by atoms with Crippen LogP contribution < -0.4 is 10.6 Å². The minimum absolute atomic E-state index is 0.348. The summed E-state index contributed by atoms with van der Waals surface area (Å²) in [5.74, 6) is 0.875. The third-order valence-electron chi connectivity index (χ3n) is 4.92. The van der Waals surface area contributed by atoms with Crippen molar-refractivity contribution < 1.29 is 4.74 Å². The Morgan fingerprint density at radius 3 is 3.00 bits per heavy atom. The zero-order valence-corrected chi connectivity index (χ0v) is 14.0. The summed E-state index contributed by atoms with van der Waals surface area (Å²) < 4.78 is 5.93. The third-order valence-corrected chi connectivity index (χ3v) is 4.92. The molecule has 2 bridgehead atoms. The maximum atomic E-state index is 5.93. The number of nitrogens with one attached hydrogen (secondary N) is 2. The third kappa shape index (κ3) is 3.08. The number of benzene rings is 1. The van der Waals surface area contributed by atoms with Crippen molar-refractivity contribution >= 4 is 16.9 Å². The molecule has 0 radical (unpaired) electrons. The van der Waals surface area contributed by atoms with Crippen LogP contribution in [0.4, 0.5) is 0 Å². The highest BCUT2D eigenvalue weighted by molar-refractivity contribution is 5.83. The van der Waals surface area contributed by atoms with Gasteiger partial charge < -0.3 is 15.4 Å². The van der Waals surface area contributed by atoms with Crippen LogP contribution in [0.2, 0.25) is 0 Å². The Morgan fingerprint density at radius 2 is 2.21 bits per heavy atom. The number of rotatable bonds is 4. The van der Waals surface area contributed by atoms with Crippen LogP contribution in [0.3, 0.4) is 0 Å². The summed E-state index contributed by atoms with van der Waals surface area (Å²) in [6, 6.07) is 10.7. The summed E-state index contributed by atoms with van der Waals surface area (Å²) in [6.45, 7) is 3.58. The number of hydrogen-bond acceptors (Lipinski definition) is 3. The summed E-state index contributed by atoms with van der Waals surface area (Å²) in [4.78, 5) is 9.21. The van der Waals surface area contributed by atoms with Crippen molar-refractivity contribution in [1.82, 2.24) is 15.6 Å². The van der Waals surface area contributed by atoms with Gasteiger partial charge in [-0.15, -0.1) is 0 Å². The standard InChI is InChI=1S/C19H24N4O/c1-2-20-19(23-17-11-14-7-8-18(17)24-14)22-12-13-9-10-21-16-6-4-3-5-15(13)16/h3-6,9-10,14,17-18H,2,7-8,11-12H2,1H3,(H2,20,22,23). The Kier molecular flexibility index (Phi) is 4.34. The van der Waals surface area contributed by atoms with Crippen molar-refractivity contribution in [3.63, 3.8) is 0 Å². The minimum atomic E-state index is 0.348. The van der Waals surface area contributed by atoms with Crippen LogP contribution >= 0.6 is 0 Å². The molecule has 24 heavy (non-hydrogen) atoms. The fourth-order valence-electron chi connectivity index (χ4n) is 3.74. The monoisotopic (exact) mass is 324 g/mol. The number of aromatic nitrogens is 1. The second-order valence-electron chi connectivity index (χ2n) is 6.54. The van der Waals surface area contributed by atoms with E-state index in [1.54, 1.807) is 0 Å². The van der Waals surface area contributed by atoms with Crippen LogP contribution in [0.1, 0.15) is 31.7 Å². The smallest absolute Gasteiger partial charge is 0.191 e. The lowest BCUT2D eigenvalue weighted by molar-refractivity contribution is 0.0992. The predicted octanol–water partition coefficient (Wildman–Crippen LogP) is 2.61. The summed E-state index contributed by atoms with van der Waals surface area (Å²) in [5, 5.41) is 8.09. The van der Waals surface area contributed by atoms with Gasteiger partial charge in [-0.05, 0) is 43.9 Å². The van der Waals surface area contributed by atoms with Gasteiger partial charge in [-0.1, -0.05) is 18.2 Å². The van der Waals surface area contributed by atoms with Crippen molar-refractivity contribution in [1.29, 1.82) is 0 Å². The molecule has 3 heterocycles. The molecular formula is C19H24N4O. The van der Waals surface area contributed by atoms with E-state index in [-0.39, 0.29) is 0 Å². The molecule has 5 heteroatoms. The number of hydrogen-bond donors (Lipinski definition) is 2. The number of pyridine rings is 1. The molecule has 126 valence electrons. The topological polar surface area (TPSA) is 58.5 Å². The average molecular weight is 324 g/mol. The molecule has 5 nitrogen and oxygen atoms in total. The zero-order valence-electron chi connectivity index (χ0n) is 14.0. The van der Waals surface area contributed by atoms with Crippen molar-refractivity contribution in [2.75, 3.05) is 6.54 Å². The molecule has 1 aromatic heterocycles. The SMILES string of the molecule is CCNC(=NCc1ccnc2ccccc12)NC1CC2CCC1O2. The fraction of sp³-hybridized carbons (Fsp3) is 0.474. The molecule has 0 aliphatic carbocycles. The fourth-order valence-corrected chi connectivity index (χ4v) is 3.74. The van der Waals surface area contributed by atoms with Crippen molar-refractivity contribution in [2.24, 2.45) is 4.99 Å². The van der Waals surface area contributed by atoms with Gasteiger partial charge in [0.1, 0.15) is 0 Å². The highest BCUT2D eigenvalue weighted by atomic mass is 16.5. The number of aliphatic imine (C=N–C) groups is 1. The van der Waals surface area contributed by atoms with Gasteiger partial charge in [0.25, 0.3) is 0 Å². The first-order valence-corrected chi connectivity index (χ1v) is 8.86. The molecule has 0 saturated carbocycles. The predicted molar refractivity (Wildman–Crippen MR) is 96.0 cm³/mol. The second-order valence-corrected chi connectivity index (χ2v) is 6.54. The van der Waals surface area contributed by atoms with Crippen LogP contribution in [-0.2, 0) is 11.3 Å². The lowest BCUT2D eigenvalue weighted by Gasteiger charge is -2.22. The maximum absolute atomic E-state index is 5.93. The van der Waals surface area contributed by atoms with E-state index in [4.69, 9.17) is 9.73 Å². The summed E-state index contributed by atoms with van der Waals surface area (Å²) >= 11 is 0. The van der Waals surface area contributed by atoms with E-state index in [1.165, 1.54) is 17.4 Å². The average Bonchev–Trinajstić information content (AvgIpc) is 3.23. The number of fused-ring (bicyclic) bond motifs is 3. The Bertz CT molecular complexity index is 740. The van der Waals surface area contributed by atoms with E-state index in [0.29, 0.717) is 24.8 Å². The molecule has 2 saturated heterocycles. The van der Waals surface area contributed by atoms with Gasteiger partial charge in [0, 0.05) is 18.1 Å². The first kappa shape index (κ1) is 15.4. The highest BCUT2D eigenvalue weighted by Gasteiger charge is 2.41. The number of ether oxygens (including phenoxy) is 1. The van der Waals surface area contributed by atoms with Gasteiger partial charge in [-0.25, -0.2) is 4.99 Å². The van der Waals surface area contributed by atoms with Gasteiger partial charge in [-0.2, -0.15) is 0 Å². The van der Waals surface area contributed by atoms with Crippen LogP contribution in [0, 0.1) is 0 Å². The van der Waals surface area contributed by atoms with Gasteiger partial charge in [0.2, 0.25) is 0 Å². The lowest BCUT2D eigenvalue weighted by Crippen LogP contribution is -2.47. The molecule has 0 spiro atoms. The first-order chi connectivity index (χ1) is 11.8. The molecule has 2 aromatic rings. The first-order valence-electron chi connectivity index (χ1n) is 8.86. The van der Waals surface area contributed by atoms with Crippen LogP contribution in [0.5, 0.6) is 0 Å². The Balaban J connectivity index is 1.50. The van der Waals surface area contributed by atoms with E-state index >= 15 is 0 Å². The Labute approximate surface area is 142 Å². The molecule has 0 amide bonds. The molecule has 3 unspecified atom stereocenters. The summed E-state index contributed by atoms with van der Waals surface area (Å²) in [7, 11) is 0. The zero-order chi connectivity index (χ0) is 16.4. The number of para-hydroxylation sites is 1. The van der Waals surface area contributed by atoms with E-state index < -0.39 is 0 Å². The second kappa shape index (κ2) is 6.77. The van der Waals surface area contributed by atoms with E-state index in [9.17, 15) is 0 Å². The van der Waals surface area contributed by atoms with Crippen molar-refractivity contribution in [3.05, 3.63) is 42.1 Å². The van der Waals surface area contributed by atoms with Crippen LogP contribution in [0.15, 0.2) is 41.5 Å². The van der Waals surface area contributed by atoms with E-state index in [2.05, 4.69) is 34.7 Å². The molecule has 2 fully saturated rings.